The minimum absolute atomic E-state index is 0.337. The molecule has 1 saturated carbocycles. The van der Waals surface area contributed by atoms with Crippen molar-refractivity contribution in [2.75, 3.05) is 11.4 Å². The Morgan fingerprint density at radius 1 is 1.44 bits per heavy atom. The molecule has 0 unspecified atom stereocenters. The molecule has 18 heavy (non-hydrogen) atoms. The smallest absolute Gasteiger partial charge is 0.142 e. The highest BCUT2D eigenvalue weighted by Crippen LogP contribution is 2.47. The van der Waals surface area contributed by atoms with Gasteiger partial charge in [-0.05, 0) is 18.9 Å². The molecule has 0 radical (unpaired) electrons. The molecule has 1 fully saturated rings. The molecule has 0 bridgehead atoms. The Balaban J connectivity index is 2.05. The van der Waals surface area contributed by atoms with E-state index in [0.29, 0.717) is 5.92 Å². The molecule has 0 N–H and O–H groups in total. The zero-order valence-corrected chi connectivity index (χ0v) is 11.5. The van der Waals surface area contributed by atoms with Gasteiger partial charge in [0, 0.05) is 24.7 Å². The van der Waals surface area contributed by atoms with Crippen molar-refractivity contribution in [3.63, 3.8) is 0 Å². The molecule has 2 aromatic heterocycles. The molecule has 0 aliphatic heterocycles. The van der Waals surface area contributed by atoms with Crippen molar-refractivity contribution in [2.24, 2.45) is 0 Å². The van der Waals surface area contributed by atoms with Crippen molar-refractivity contribution in [2.45, 2.75) is 18.8 Å². The number of nitrogens with zero attached hydrogens (tertiary/aromatic N) is 3. The van der Waals surface area contributed by atoms with Gasteiger partial charge in [0.05, 0.1) is 11.9 Å². The zero-order chi connectivity index (χ0) is 12.7. The fourth-order valence-electron chi connectivity index (χ4n) is 1.83. The number of hydrogen-bond acceptors (Lipinski definition) is 5. The molecule has 94 valence electrons. The van der Waals surface area contributed by atoms with E-state index in [1.807, 2.05) is 7.05 Å². The van der Waals surface area contributed by atoms with E-state index in [-0.39, 0.29) is 5.82 Å². The number of halogens is 1. The predicted molar refractivity (Wildman–Crippen MR) is 74.7 cm³/mol. The molecule has 1 aliphatic carbocycles. The average Bonchev–Trinajstić information content (AvgIpc) is 3.07. The van der Waals surface area contributed by atoms with Crippen molar-refractivity contribution >= 4 is 29.2 Å². The van der Waals surface area contributed by atoms with Gasteiger partial charge in [0.2, 0.25) is 0 Å². The maximum atomic E-state index is 13.2. The van der Waals surface area contributed by atoms with Crippen LogP contribution >= 0.6 is 24.2 Å². The van der Waals surface area contributed by atoms with Crippen LogP contribution < -0.4 is 4.31 Å². The third-order valence-corrected chi connectivity index (χ3v) is 4.38. The summed E-state index contributed by atoms with van der Waals surface area (Å²) < 4.78 is 15.0. The van der Waals surface area contributed by atoms with Crippen LogP contribution in [0.2, 0.25) is 0 Å². The molecule has 0 atom stereocenters. The summed E-state index contributed by atoms with van der Waals surface area (Å²) in [6.45, 7) is 0. The summed E-state index contributed by atoms with van der Waals surface area (Å²) in [6.07, 6.45) is 5.20. The van der Waals surface area contributed by atoms with Crippen LogP contribution in [0.15, 0.2) is 18.5 Å². The normalized spacial score (nSPS) is 14.8. The van der Waals surface area contributed by atoms with Gasteiger partial charge in [-0.2, -0.15) is 0 Å². The van der Waals surface area contributed by atoms with Gasteiger partial charge in [-0.1, -0.05) is 24.2 Å². The molecule has 3 nitrogen and oxygen atoms in total. The fourth-order valence-corrected chi connectivity index (χ4v) is 3.06. The van der Waals surface area contributed by atoms with Gasteiger partial charge in [0.15, 0.2) is 0 Å². The van der Waals surface area contributed by atoms with E-state index in [2.05, 4.69) is 22.8 Å². The Bertz CT molecular complexity index is 559. The first-order valence-electron chi connectivity index (χ1n) is 5.69. The Kier molecular flexibility index (Phi) is 2.99. The fraction of sp³-hybridized carbons (Fsp3) is 0.333. The molecule has 1 aliphatic rings. The molecule has 0 saturated heterocycles. The second-order valence-corrected chi connectivity index (χ2v) is 5.98. The van der Waals surface area contributed by atoms with Crippen molar-refractivity contribution in [3.8, 4) is 10.6 Å². The van der Waals surface area contributed by atoms with Crippen LogP contribution in [0.25, 0.3) is 10.6 Å². The van der Waals surface area contributed by atoms with Gasteiger partial charge in [-0.3, -0.25) is 4.98 Å². The summed E-state index contributed by atoms with van der Waals surface area (Å²) in [5, 5.41) is 1.85. The molecule has 2 aromatic rings. The Hall–Kier alpha value is -1.14. The van der Waals surface area contributed by atoms with Crippen molar-refractivity contribution in [1.29, 1.82) is 0 Å². The predicted octanol–water partition coefficient (Wildman–Crippen LogP) is 3.50. The lowest BCUT2D eigenvalue weighted by molar-refractivity contribution is 0.622. The van der Waals surface area contributed by atoms with E-state index in [0.717, 1.165) is 21.3 Å². The van der Waals surface area contributed by atoms with Crippen LogP contribution in [0, 0.1) is 5.82 Å². The lowest BCUT2D eigenvalue weighted by Gasteiger charge is -2.08. The Morgan fingerprint density at radius 2 is 2.22 bits per heavy atom. The van der Waals surface area contributed by atoms with E-state index in [1.54, 1.807) is 10.5 Å². The number of hydrogen-bond donors (Lipinski definition) is 1. The Morgan fingerprint density at radius 3 is 2.83 bits per heavy atom. The van der Waals surface area contributed by atoms with Crippen molar-refractivity contribution in [1.82, 2.24) is 9.97 Å². The summed E-state index contributed by atoms with van der Waals surface area (Å²) in [5.41, 5.74) is 1.81. The minimum Gasteiger partial charge on any atom is -0.312 e. The number of aromatic nitrogens is 2. The highest BCUT2D eigenvalue weighted by molar-refractivity contribution is 7.82. The summed E-state index contributed by atoms with van der Waals surface area (Å²) in [6, 6.07) is 1.46. The quantitative estimate of drug-likeness (QED) is 0.873. The number of pyridine rings is 1. The molecule has 0 aromatic carbocycles. The maximum absolute atomic E-state index is 13.2. The van der Waals surface area contributed by atoms with Gasteiger partial charge in [0.25, 0.3) is 0 Å². The van der Waals surface area contributed by atoms with E-state index >= 15 is 0 Å². The number of rotatable bonds is 3. The van der Waals surface area contributed by atoms with Crippen molar-refractivity contribution in [3.05, 3.63) is 30.0 Å². The molecule has 0 spiro atoms. The Labute approximate surface area is 114 Å². The average molecular weight is 281 g/mol. The highest BCUT2D eigenvalue weighted by atomic mass is 32.1. The molecule has 3 rings (SSSR count). The first-order chi connectivity index (χ1) is 8.65. The minimum atomic E-state index is -0.337. The van der Waals surface area contributed by atoms with Crippen molar-refractivity contribution < 1.29 is 4.39 Å². The number of thiazole rings is 1. The molecule has 2 heterocycles. The van der Waals surface area contributed by atoms with Crippen LogP contribution in [-0.2, 0) is 0 Å². The molecular weight excluding hydrogens is 269 g/mol. The van der Waals surface area contributed by atoms with E-state index in [1.165, 1.54) is 36.4 Å². The molecular formula is C12H12FN3S2. The SMILES string of the molecule is CN(S)c1sc(-c2cncc(F)c2)nc1C1CC1. The summed E-state index contributed by atoms with van der Waals surface area (Å²) in [7, 11) is 1.89. The standard InChI is InChI=1S/C12H12FN3S2/c1-16(17)12-10(7-2-3-7)15-11(18-12)8-4-9(13)6-14-5-8/h4-7,17H,2-3H2,1H3. The van der Waals surface area contributed by atoms with E-state index in [4.69, 9.17) is 0 Å². The molecule has 0 amide bonds. The highest BCUT2D eigenvalue weighted by Gasteiger charge is 2.30. The summed E-state index contributed by atoms with van der Waals surface area (Å²) in [4.78, 5) is 8.49. The van der Waals surface area contributed by atoms with Gasteiger partial charge in [-0.15, -0.1) is 0 Å². The van der Waals surface area contributed by atoms with Gasteiger partial charge >= 0.3 is 0 Å². The molecule has 6 heteroatoms. The van der Waals surface area contributed by atoms with Crippen LogP contribution in [0.4, 0.5) is 9.39 Å². The van der Waals surface area contributed by atoms with Gasteiger partial charge in [0.1, 0.15) is 15.8 Å². The first-order valence-corrected chi connectivity index (χ1v) is 6.91. The third-order valence-electron chi connectivity index (χ3n) is 2.84. The summed E-state index contributed by atoms with van der Waals surface area (Å²) >= 11 is 5.87. The topological polar surface area (TPSA) is 29.0 Å². The largest absolute Gasteiger partial charge is 0.312 e. The van der Waals surface area contributed by atoms with Crippen LogP contribution in [0.3, 0.4) is 0 Å². The lowest BCUT2D eigenvalue weighted by atomic mass is 10.3. The van der Waals surface area contributed by atoms with Gasteiger partial charge < -0.3 is 4.31 Å². The number of anilines is 1. The second kappa shape index (κ2) is 4.51. The second-order valence-electron chi connectivity index (χ2n) is 4.40. The van der Waals surface area contributed by atoms with Crippen LogP contribution in [-0.4, -0.2) is 17.0 Å². The van der Waals surface area contributed by atoms with E-state index < -0.39 is 0 Å². The first kappa shape index (κ1) is 11.9. The van der Waals surface area contributed by atoms with Crippen LogP contribution in [0.1, 0.15) is 24.5 Å². The third kappa shape index (κ3) is 2.22. The van der Waals surface area contributed by atoms with Crippen LogP contribution in [0.5, 0.6) is 0 Å². The summed E-state index contributed by atoms with van der Waals surface area (Å²) in [5.74, 6) is 0.206. The van der Waals surface area contributed by atoms with E-state index in [9.17, 15) is 4.39 Å². The van der Waals surface area contributed by atoms with Gasteiger partial charge in [-0.25, -0.2) is 9.37 Å². The lowest BCUT2D eigenvalue weighted by Crippen LogP contribution is -2.00. The maximum Gasteiger partial charge on any atom is 0.142 e. The zero-order valence-electron chi connectivity index (χ0n) is 9.80. The number of thiol groups is 1. The monoisotopic (exact) mass is 281 g/mol.